The molecule has 0 amide bonds. The fraction of sp³-hybridized carbons (Fsp3) is 0.250. The van der Waals surface area contributed by atoms with E-state index in [1.54, 1.807) is 45.3 Å². The summed E-state index contributed by atoms with van der Waals surface area (Å²) in [6, 6.07) is 7.74. The lowest BCUT2D eigenvalue weighted by Gasteiger charge is -2.35. The van der Waals surface area contributed by atoms with Gasteiger partial charge >= 0.3 is 11.7 Å². The Balaban J connectivity index is 1.57. The van der Waals surface area contributed by atoms with E-state index in [0.29, 0.717) is 10.0 Å². The van der Waals surface area contributed by atoms with E-state index in [1.807, 2.05) is 24.3 Å². The van der Waals surface area contributed by atoms with Gasteiger partial charge in [-0.1, -0.05) is 65.1 Å². The fourth-order valence-electron chi connectivity index (χ4n) is 5.19. The minimum Gasteiger partial charge on any atom is -0.351 e. The Labute approximate surface area is 211 Å². The van der Waals surface area contributed by atoms with Crippen molar-refractivity contribution in [2.24, 2.45) is 9.98 Å². The van der Waals surface area contributed by atoms with Crippen LogP contribution in [0.2, 0.25) is 0 Å². The van der Waals surface area contributed by atoms with Gasteiger partial charge in [-0.25, -0.2) is 10.5 Å². The van der Waals surface area contributed by atoms with Gasteiger partial charge in [-0.3, -0.25) is 0 Å². The number of nitriles is 2. The summed E-state index contributed by atoms with van der Waals surface area (Å²) in [5.41, 5.74) is 2.76. The van der Waals surface area contributed by atoms with Crippen LogP contribution in [0, 0.1) is 35.8 Å². The van der Waals surface area contributed by atoms with Crippen LogP contribution in [-0.2, 0) is 5.41 Å². The van der Waals surface area contributed by atoms with E-state index in [-0.39, 0.29) is 17.1 Å². The van der Waals surface area contributed by atoms with Crippen molar-refractivity contribution >= 4 is 85.8 Å². The van der Waals surface area contributed by atoms with E-state index < -0.39 is 0 Å². The van der Waals surface area contributed by atoms with Gasteiger partial charge in [0.2, 0.25) is 10.0 Å². The van der Waals surface area contributed by atoms with Crippen LogP contribution >= 0.6 is 45.3 Å². The number of thiophene rings is 4. The monoisotopic (exact) mass is 512 g/mol. The van der Waals surface area contributed by atoms with Crippen molar-refractivity contribution in [3.8, 4) is 21.9 Å². The first kappa shape index (κ1) is 21.2. The van der Waals surface area contributed by atoms with Gasteiger partial charge < -0.3 is 9.69 Å². The maximum atomic E-state index is 9.12. The van der Waals surface area contributed by atoms with Crippen molar-refractivity contribution in [1.29, 1.82) is 10.5 Å². The van der Waals surface area contributed by atoms with Crippen molar-refractivity contribution in [2.45, 2.75) is 37.5 Å². The standard InChI is InChI=1S/C24H12N6S4/c1-27-14(10-25)29-16-8-12-20(33-16)18-22(31-12)23-19(24(18)6-4-3-5-7-24)21-13(32-23)9-17(34-21)30-15(11-26)28-2/h8-9H,3-7H2/b29-14-,30-15+. The van der Waals surface area contributed by atoms with Crippen molar-refractivity contribution in [1.82, 2.24) is 0 Å². The predicted octanol–water partition coefficient (Wildman–Crippen LogP) is 8.42. The fourth-order valence-corrected chi connectivity index (χ4v) is 10.7. The Hall–Kier alpha value is -3.38. The largest absolute Gasteiger partial charge is 0.351 e. The molecule has 0 atom stereocenters. The van der Waals surface area contributed by atoms with Gasteiger partial charge in [-0.05, 0) is 12.8 Å². The molecule has 0 aliphatic heterocycles. The van der Waals surface area contributed by atoms with Crippen LogP contribution in [0.15, 0.2) is 22.1 Å². The van der Waals surface area contributed by atoms with Crippen molar-refractivity contribution in [3.63, 3.8) is 0 Å². The zero-order valence-electron chi connectivity index (χ0n) is 17.5. The predicted molar refractivity (Wildman–Crippen MR) is 141 cm³/mol. The van der Waals surface area contributed by atoms with Gasteiger partial charge in [-0.2, -0.15) is 0 Å². The summed E-state index contributed by atoms with van der Waals surface area (Å²) in [5.74, 6) is -0.275. The number of hydrogen-bond acceptors (Lipinski definition) is 8. The molecule has 2 aliphatic rings. The zero-order chi connectivity index (χ0) is 23.4. The third-order valence-corrected chi connectivity index (χ3v) is 11.2. The number of hydrogen-bond donors (Lipinski definition) is 0. The molecule has 2 aliphatic carbocycles. The minimum atomic E-state index is -0.137. The first-order chi connectivity index (χ1) is 16.6. The third kappa shape index (κ3) is 2.91. The van der Waals surface area contributed by atoms with E-state index in [2.05, 4.69) is 19.7 Å². The van der Waals surface area contributed by atoms with Crippen molar-refractivity contribution in [3.05, 3.63) is 46.1 Å². The highest BCUT2D eigenvalue weighted by Crippen LogP contribution is 2.66. The molecule has 0 bridgehead atoms. The molecular formula is C24H12N6S4. The number of aliphatic imine (C=N–C) groups is 2. The second-order valence-electron chi connectivity index (χ2n) is 8.13. The third-order valence-electron chi connectivity index (χ3n) is 6.42. The summed E-state index contributed by atoms with van der Waals surface area (Å²) < 4.78 is 4.80. The lowest BCUT2D eigenvalue weighted by molar-refractivity contribution is 0.358. The second-order valence-corrected chi connectivity index (χ2v) is 12.3. The molecule has 6 nitrogen and oxygen atoms in total. The van der Waals surface area contributed by atoms with E-state index in [4.69, 9.17) is 23.7 Å². The molecule has 162 valence electrons. The lowest BCUT2D eigenvalue weighted by atomic mass is 9.68. The van der Waals surface area contributed by atoms with E-state index >= 15 is 0 Å². The molecule has 4 heterocycles. The number of fused-ring (bicyclic) bond motifs is 9. The summed E-state index contributed by atoms with van der Waals surface area (Å²) >= 11 is 6.73. The number of amidine groups is 2. The van der Waals surface area contributed by atoms with E-state index in [9.17, 15) is 0 Å². The van der Waals surface area contributed by atoms with Crippen LogP contribution in [0.4, 0.5) is 10.0 Å². The molecule has 4 aromatic rings. The topological polar surface area (TPSA) is 81.0 Å². The first-order valence-electron chi connectivity index (χ1n) is 10.5. The molecule has 0 aromatic carbocycles. The van der Waals surface area contributed by atoms with Gasteiger partial charge in [0.05, 0.1) is 28.6 Å². The summed E-state index contributed by atoms with van der Waals surface area (Å²) in [5, 5.41) is 19.7. The zero-order valence-corrected chi connectivity index (χ0v) is 20.8. The highest BCUT2D eigenvalue weighted by atomic mass is 32.1. The molecule has 34 heavy (non-hydrogen) atoms. The average molecular weight is 513 g/mol. The summed E-state index contributed by atoms with van der Waals surface area (Å²) in [7, 11) is 0. The highest BCUT2D eigenvalue weighted by Gasteiger charge is 2.49. The molecule has 1 spiro atoms. The normalized spacial score (nSPS) is 16.7. The van der Waals surface area contributed by atoms with Crippen molar-refractivity contribution in [2.75, 3.05) is 0 Å². The Morgan fingerprint density at radius 3 is 1.68 bits per heavy atom. The van der Waals surface area contributed by atoms with Crippen LogP contribution in [0.1, 0.15) is 43.2 Å². The lowest BCUT2D eigenvalue weighted by Crippen LogP contribution is -2.27. The number of nitrogens with zero attached hydrogens (tertiary/aromatic N) is 6. The Bertz CT molecular complexity index is 1580. The van der Waals surface area contributed by atoms with Crippen molar-refractivity contribution < 1.29 is 0 Å². The molecule has 0 radical (unpaired) electrons. The summed E-state index contributed by atoms with van der Waals surface area (Å²) in [6.45, 7) is 14.3. The van der Waals surface area contributed by atoms with Gasteiger partial charge in [0.15, 0.2) is 0 Å². The smallest absolute Gasteiger partial charge is 0.350 e. The molecule has 1 fully saturated rings. The maximum Gasteiger partial charge on any atom is 0.350 e. The maximum absolute atomic E-state index is 9.12. The molecular weight excluding hydrogens is 501 g/mol. The first-order valence-corrected chi connectivity index (χ1v) is 13.7. The van der Waals surface area contributed by atoms with Crippen LogP contribution in [0.25, 0.3) is 38.2 Å². The van der Waals surface area contributed by atoms with Gasteiger partial charge in [-0.15, -0.1) is 22.7 Å². The van der Waals surface area contributed by atoms with E-state index in [0.717, 1.165) is 12.8 Å². The van der Waals surface area contributed by atoms with Crippen LogP contribution in [0.3, 0.4) is 0 Å². The van der Waals surface area contributed by atoms with Crippen LogP contribution in [-0.4, -0.2) is 11.7 Å². The summed E-state index contributed by atoms with van der Waals surface area (Å²) in [6.07, 6.45) is 5.77. The average Bonchev–Trinajstić information content (AvgIpc) is 3.61. The molecule has 1 saturated carbocycles. The van der Waals surface area contributed by atoms with Crippen LogP contribution in [0.5, 0.6) is 0 Å². The molecule has 0 saturated heterocycles. The second kappa shape index (κ2) is 7.84. The SMILES string of the molecule is [C-]#[N+]/C(C#N)=N\c1cc2sc3c(c2s1)C1(CCCCC1)c1c-3sc2cc(/N=C(\C#N)[N+]#[C-])sc12. The number of rotatable bonds is 2. The molecule has 10 heteroatoms. The van der Waals surface area contributed by atoms with E-state index in [1.165, 1.54) is 58.9 Å². The summed E-state index contributed by atoms with van der Waals surface area (Å²) in [4.78, 5) is 17.6. The molecule has 0 N–H and O–H groups in total. The molecule has 4 aromatic heterocycles. The quantitative estimate of drug-likeness (QED) is 0.153. The minimum absolute atomic E-state index is 0.0488. The van der Waals surface area contributed by atoms with Gasteiger partial charge in [0.1, 0.15) is 12.1 Å². The van der Waals surface area contributed by atoms with Gasteiger partial charge in [0, 0.05) is 28.7 Å². The Kier molecular flexibility index (Phi) is 4.88. The molecule has 0 unspecified atom stereocenters. The Morgan fingerprint density at radius 2 is 1.26 bits per heavy atom. The van der Waals surface area contributed by atoms with Crippen LogP contribution < -0.4 is 0 Å². The van der Waals surface area contributed by atoms with Gasteiger partial charge in [0.25, 0.3) is 0 Å². The molecule has 6 rings (SSSR count). The highest BCUT2D eigenvalue weighted by molar-refractivity contribution is 7.36. The Morgan fingerprint density at radius 1 is 0.794 bits per heavy atom.